The summed E-state index contributed by atoms with van der Waals surface area (Å²) >= 11 is 0. The van der Waals surface area contributed by atoms with Gasteiger partial charge in [-0.25, -0.2) is 0 Å². The third kappa shape index (κ3) is 6.88. The minimum Gasteiger partial charge on any atom is -0.382 e. The van der Waals surface area contributed by atoms with Crippen molar-refractivity contribution < 1.29 is 4.74 Å². The molecule has 6 heteroatoms. The molecule has 1 aromatic rings. The van der Waals surface area contributed by atoms with Crippen LogP contribution < -0.4 is 10.6 Å². The van der Waals surface area contributed by atoms with Crippen molar-refractivity contribution in [2.45, 2.75) is 45.1 Å². The van der Waals surface area contributed by atoms with Crippen molar-refractivity contribution in [1.82, 2.24) is 15.5 Å². The molecule has 1 saturated carbocycles. The molecular formula is C22H37IN4O. The normalized spacial score (nSPS) is 19.7. The fraction of sp³-hybridized carbons (Fsp3) is 0.682. The first-order valence-electron chi connectivity index (χ1n) is 10.6. The Morgan fingerprint density at radius 1 is 1.18 bits per heavy atom. The van der Waals surface area contributed by atoms with Crippen LogP contribution in [-0.2, 0) is 4.74 Å². The van der Waals surface area contributed by atoms with Crippen LogP contribution in [0.3, 0.4) is 0 Å². The monoisotopic (exact) mass is 500 g/mol. The lowest BCUT2D eigenvalue weighted by molar-refractivity contribution is 0.128. The molecule has 2 fully saturated rings. The number of nitrogens with one attached hydrogen (secondary N) is 2. The van der Waals surface area contributed by atoms with Crippen LogP contribution >= 0.6 is 24.0 Å². The van der Waals surface area contributed by atoms with Gasteiger partial charge in [0.25, 0.3) is 0 Å². The van der Waals surface area contributed by atoms with Crippen molar-refractivity contribution in [3.05, 3.63) is 35.9 Å². The van der Waals surface area contributed by atoms with Crippen LogP contribution in [0.4, 0.5) is 0 Å². The van der Waals surface area contributed by atoms with Gasteiger partial charge in [0.2, 0.25) is 0 Å². The van der Waals surface area contributed by atoms with Gasteiger partial charge >= 0.3 is 0 Å². The molecule has 2 aliphatic rings. The second-order valence-electron chi connectivity index (χ2n) is 7.92. The van der Waals surface area contributed by atoms with E-state index in [9.17, 15) is 0 Å². The summed E-state index contributed by atoms with van der Waals surface area (Å²) in [6.07, 6.45) is 6.34. The Balaban J connectivity index is 0.00000280. The van der Waals surface area contributed by atoms with Gasteiger partial charge < -0.3 is 15.4 Å². The SMILES string of the molecule is CCOCCC1(CNC(=NC)NCC(c2ccccc2)N2CCCC2)CC1.I. The topological polar surface area (TPSA) is 48.9 Å². The zero-order valence-electron chi connectivity index (χ0n) is 17.5. The van der Waals surface area contributed by atoms with Gasteiger partial charge in [-0.15, -0.1) is 24.0 Å². The van der Waals surface area contributed by atoms with E-state index in [-0.39, 0.29) is 24.0 Å². The van der Waals surface area contributed by atoms with Gasteiger partial charge in [-0.3, -0.25) is 9.89 Å². The summed E-state index contributed by atoms with van der Waals surface area (Å²) in [6, 6.07) is 11.3. The molecule has 1 aromatic carbocycles. The number of benzene rings is 1. The zero-order chi connectivity index (χ0) is 19.0. The number of guanidine groups is 1. The maximum Gasteiger partial charge on any atom is 0.191 e. The highest BCUT2D eigenvalue weighted by Crippen LogP contribution is 2.48. The average Bonchev–Trinajstić information content (AvgIpc) is 3.26. The molecule has 2 N–H and O–H groups in total. The van der Waals surface area contributed by atoms with Crippen LogP contribution in [0.5, 0.6) is 0 Å². The number of aliphatic imine (C=N–C) groups is 1. The van der Waals surface area contributed by atoms with E-state index in [1.807, 2.05) is 7.05 Å². The number of rotatable bonds is 10. The van der Waals surface area contributed by atoms with E-state index in [1.54, 1.807) is 0 Å². The highest BCUT2D eigenvalue weighted by Gasteiger charge is 2.42. The molecular weight excluding hydrogens is 463 g/mol. The molecule has 1 heterocycles. The van der Waals surface area contributed by atoms with Crippen LogP contribution in [0, 0.1) is 5.41 Å². The van der Waals surface area contributed by atoms with Crippen molar-refractivity contribution in [1.29, 1.82) is 0 Å². The molecule has 1 unspecified atom stereocenters. The van der Waals surface area contributed by atoms with Crippen molar-refractivity contribution in [2.75, 3.05) is 46.4 Å². The average molecular weight is 500 g/mol. The highest BCUT2D eigenvalue weighted by molar-refractivity contribution is 14.0. The molecule has 0 aromatic heterocycles. The Labute approximate surface area is 187 Å². The number of halogens is 1. The molecule has 0 amide bonds. The van der Waals surface area contributed by atoms with Gasteiger partial charge in [-0.05, 0) is 63.1 Å². The standard InChI is InChI=1S/C22H36N4O.HI/c1-3-27-16-13-22(11-12-22)18-25-21(23-2)24-17-20(26-14-7-8-15-26)19-9-5-4-6-10-19;/h4-6,9-10,20H,3,7-8,11-18H2,1-2H3,(H2,23,24,25);1H. The van der Waals surface area contributed by atoms with E-state index in [2.05, 4.69) is 57.8 Å². The molecule has 0 radical (unpaired) electrons. The van der Waals surface area contributed by atoms with E-state index >= 15 is 0 Å². The maximum absolute atomic E-state index is 5.55. The maximum atomic E-state index is 5.55. The van der Waals surface area contributed by atoms with Gasteiger partial charge in [-0.1, -0.05) is 30.3 Å². The van der Waals surface area contributed by atoms with E-state index < -0.39 is 0 Å². The van der Waals surface area contributed by atoms with Gasteiger partial charge in [0.05, 0.1) is 6.04 Å². The second-order valence-corrected chi connectivity index (χ2v) is 7.92. The molecule has 3 rings (SSSR count). The van der Waals surface area contributed by atoms with Crippen molar-refractivity contribution in [2.24, 2.45) is 10.4 Å². The number of nitrogens with zero attached hydrogens (tertiary/aromatic N) is 2. The molecule has 1 aliphatic carbocycles. The van der Waals surface area contributed by atoms with Gasteiger partial charge in [-0.2, -0.15) is 0 Å². The minimum absolute atomic E-state index is 0. The summed E-state index contributed by atoms with van der Waals surface area (Å²) in [6.45, 7) is 7.99. The molecule has 1 aliphatic heterocycles. The first-order valence-corrected chi connectivity index (χ1v) is 10.6. The van der Waals surface area contributed by atoms with Gasteiger partial charge in [0.15, 0.2) is 5.96 Å². The summed E-state index contributed by atoms with van der Waals surface area (Å²) in [5.74, 6) is 0.915. The largest absolute Gasteiger partial charge is 0.382 e. The third-order valence-corrected chi connectivity index (χ3v) is 6.02. The third-order valence-electron chi connectivity index (χ3n) is 6.02. The van der Waals surface area contributed by atoms with E-state index in [0.29, 0.717) is 11.5 Å². The Morgan fingerprint density at radius 3 is 2.50 bits per heavy atom. The zero-order valence-corrected chi connectivity index (χ0v) is 19.8. The van der Waals surface area contributed by atoms with Gasteiger partial charge in [0, 0.05) is 33.4 Å². The molecule has 1 saturated heterocycles. The lowest BCUT2D eigenvalue weighted by atomic mass is 10.0. The van der Waals surface area contributed by atoms with Crippen LogP contribution in [0.1, 0.15) is 50.6 Å². The van der Waals surface area contributed by atoms with Crippen molar-refractivity contribution >= 4 is 29.9 Å². The fourth-order valence-corrected chi connectivity index (χ4v) is 4.00. The van der Waals surface area contributed by atoms with E-state index in [4.69, 9.17) is 4.74 Å². The predicted octanol–water partition coefficient (Wildman–Crippen LogP) is 3.81. The second kappa shape index (κ2) is 12.0. The Morgan fingerprint density at radius 2 is 1.89 bits per heavy atom. The summed E-state index contributed by atoms with van der Waals surface area (Å²) in [5.41, 5.74) is 1.80. The number of likely N-dealkylation sites (tertiary alicyclic amines) is 1. The number of ether oxygens (including phenoxy) is 1. The Bertz CT molecular complexity index is 585. The molecule has 5 nitrogen and oxygen atoms in total. The fourth-order valence-electron chi connectivity index (χ4n) is 4.00. The quantitative estimate of drug-likeness (QED) is 0.222. The lowest BCUT2D eigenvalue weighted by Crippen LogP contribution is -2.44. The van der Waals surface area contributed by atoms with E-state index in [1.165, 1.54) is 44.3 Å². The van der Waals surface area contributed by atoms with Crippen LogP contribution in [-0.4, -0.2) is 57.3 Å². The summed E-state index contributed by atoms with van der Waals surface area (Å²) in [7, 11) is 1.86. The minimum atomic E-state index is 0. The molecule has 0 bridgehead atoms. The Hall–Kier alpha value is -0.860. The van der Waals surface area contributed by atoms with Crippen molar-refractivity contribution in [3.63, 3.8) is 0 Å². The first-order chi connectivity index (χ1) is 13.3. The first kappa shape index (κ1) is 23.4. The van der Waals surface area contributed by atoms with Crippen LogP contribution in [0.2, 0.25) is 0 Å². The number of hydrogen-bond acceptors (Lipinski definition) is 3. The summed E-state index contributed by atoms with van der Waals surface area (Å²) < 4.78 is 5.55. The van der Waals surface area contributed by atoms with Crippen LogP contribution in [0.15, 0.2) is 35.3 Å². The van der Waals surface area contributed by atoms with Crippen LogP contribution in [0.25, 0.3) is 0 Å². The van der Waals surface area contributed by atoms with Crippen molar-refractivity contribution in [3.8, 4) is 0 Å². The predicted molar refractivity (Wildman–Crippen MR) is 128 cm³/mol. The molecule has 28 heavy (non-hydrogen) atoms. The molecule has 0 spiro atoms. The summed E-state index contributed by atoms with van der Waals surface area (Å²) in [4.78, 5) is 7.05. The van der Waals surface area contributed by atoms with E-state index in [0.717, 1.165) is 38.7 Å². The Kier molecular flexibility index (Phi) is 10.0. The molecule has 158 valence electrons. The smallest absolute Gasteiger partial charge is 0.191 e. The highest BCUT2D eigenvalue weighted by atomic mass is 127. The number of hydrogen-bond donors (Lipinski definition) is 2. The summed E-state index contributed by atoms with van der Waals surface area (Å²) in [5, 5.41) is 7.14. The lowest BCUT2D eigenvalue weighted by Gasteiger charge is -2.29. The van der Waals surface area contributed by atoms with Gasteiger partial charge in [0.1, 0.15) is 0 Å². The molecule has 1 atom stereocenters.